The Kier molecular flexibility index (Phi) is 7.09. The number of fused-ring (bicyclic) bond motifs is 1. The monoisotopic (exact) mass is 548 g/mol. The van der Waals surface area contributed by atoms with E-state index in [0.29, 0.717) is 53.0 Å². The van der Waals surface area contributed by atoms with Crippen LogP contribution in [0.25, 0.3) is 22.0 Å². The van der Waals surface area contributed by atoms with Crippen LogP contribution in [0, 0.1) is 12.7 Å². The second-order valence-electron chi connectivity index (χ2n) is 11.3. The predicted octanol–water partition coefficient (Wildman–Crippen LogP) is 5.57. The Hall–Kier alpha value is -4.25. The fourth-order valence-corrected chi connectivity index (χ4v) is 5.10. The van der Waals surface area contributed by atoms with Gasteiger partial charge >= 0.3 is 6.03 Å². The van der Waals surface area contributed by atoms with Gasteiger partial charge < -0.3 is 24.8 Å². The lowest BCUT2D eigenvalue weighted by Gasteiger charge is -2.20. The second-order valence-corrected chi connectivity index (χ2v) is 11.3. The van der Waals surface area contributed by atoms with E-state index in [0.717, 1.165) is 5.39 Å². The van der Waals surface area contributed by atoms with Gasteiger partial charge in [-0.05, 0) is 55.5 Å². The Morgan fingerprint density at radius 3 is 2.55 bits per heavy atom. The van der Waals surface area contributed by atoms with Crippen molar-refractivity contribution in [2.75, 3.05) is 23.0 Å². The maximum absolute atomic E-state index is 15.0. The van der Waals surface area contributed by atoms with Gasteiger partial charge in [-0.25, -0.2) is 14.2 Å². The minimum Gasteiger partial charge on any atom is -0.393 e. The van der Waals surface area contributed by atoms with Crippen molar-refractivity contribution < 1.29 is 18.8 Å². The highest BCUT2D eigenvalue weighted by Gasteiger charge is 2.28. The third-order valence-corrected chi connectivity index (χ3v) is 7.29. The van der Waals surface area contributed by atoms with Crippen LogP contribution in [0.1, 0.15) is 57.3 Å². The normalized spacial score (nSPS) is 17.3. The molecule has 1 aromatic carbocycles. The summed E-state index contributed by atoms with van der Waals surface area (Å²) >= 11 is 0. The second kappa shape index (κ2) is 10.4. The molecule has 0 aliphatic heterocycles. The number of urea groups is 1. The summed E-state index contributed by atoms with van der Waals surface area (Å²) in [4.78, 5) is 31.1. The standard InChI is InChI=1S/C29H33FN6O4/c1-15-8-21(30)22(33-28(39)34-26-13-24(35-40-26)29(2,3)4)11-19(15)20-9-16-14-32-25(31-5)12-23(16)36(27(20)38)17-6-7-18(37)10-17/h8-9,11-14,17-18,37H,6-7,10H2,1-5H3,(H,31,32)(H2,33,34,39). The lowest BCUT2D eigenvalue weighted by atomic mass is 9.92. The maximum atomic E-state index is 15.0. The molecule has 5 rings (SSSR count). The first kappa shape index (κ1) is 27.3. The molecule has 1 saturated carbocycles. The molecule has 11 heteroatoms. The Bertz CT molecular complexity index is 1660. The molecule has 0 bridgehead atoms. The highest BCUT2D eigenvalue weighted by atomic mass is 19.1. The summed E-state index contributed by atoms with van der Waals surface area (Å²) in [6, 6.07) is 6.99. The molecular weight excluding hydrogens is 515 g/mol. The number of hydrogen-bond donors (Lipinski definition) is 4. The number of rotatable bonds is 5. The van der Waals surface area contributed by atoms with Gasteiger partial charge in [-0.15, -0.1) is 0 Å². The van der Waals surface area contributed by atoms with E-state index in [9.17, 15) is 14.7 Å². The number of anilines is 3. The molecule has 0 saturated heterocycles. The number of pyridine rings is 2. The molecule has 2 atom stereocenters. The molecule has 1 aliphatic carbocycles. The molecule has 0 radical (unpaired) electrons. The fraction of sp³-hybridized carbons (Fsp3) is 0.379. The summed E-state index contributed by atoms with van der Waals surface area (Å²) in [5.41, 5.74) is 2.08. The highest BCUT2D eigenvalue weighted by Crippen LogP contribution is 2.35. The van der Waals surface area contributed by atoms with Crippen molar-refractivity contribution in [1.29, 1.82) is 0 Å². The molecule has 4 N–H and O–H groups in total. The Balaban J connectivity index is 1.54. The number of hydrogen-bond acceptors (Lipinski definition) is 7. The highest BCUT2D eigenvalue weighted by molar-refractivity contribution is 5.99. The molecule has 3 aromatic heterocycles. The SMILES string of the molecule is CNc1cc2c(cn1)cc(-c1cc(NC(=O)Nc3cc(C(C)(C)C)no3)c(F)cc1C)c(=O)n2C1CCC(O)C1. The van der Waals surface area contributed by atoms with E-state index in [1.165, 1.54) is 12.1 Å². The number of aliphatic hydroxyl groups is 1. The van der Waals surface area contributed by atoms with Crippen molar-refractivity contribution in [3.63, 3.8) is 0 Å². The van der Waals surface area contributed by atoms with E-state index in [4.69, 9.17) is 4.52 Å². The number of aryl methyl sites for hydroxylation is 1. The number of aliphatic hydroxyl groups excluding tert-OH is 1. The summed E-state index contributed by atoms with van der Waals surface area (Å²) in [7, 11) is 1.75. The Labute approximate surface area is 230 Å². The van der Waals surface area contributed by atoms with Gasteiger partial charge in [-0.3, -0.25) is 10.1 Å². The van der Waals surface area contributed by atoms with Crippen LogP contribution in [-0.2, 0) is 5.41 Å². The van der Waals surface area contributed by atoms with E-state index in [1.54, 1.807) is 36.9 Å². The van der Waals surface area contributed by atoms with Gasteiger partial charge in [0.15, 0.2) is 0 Å². The summed E-state index contributed by atoms with van der Waals surface area (Å²) in [5, 5.41) is 23.0. The van der Waals surface area contributed by atoms with Crippen molar-refractivity contribution in [2.24, 2.45) is 0 Å². The summed E-state index contributed by atoms with van der Waals surface area (Å²) in [6.45, 7) is 7.59. The largest absolute Gasteiger partial charge is 0.393 e. The maximum Gasteiger partial charge on any atom is 0.326 e. The molecule has 40 heavy (non-hydrogen) atoms. The van der Waals surface area contributed by atoms with Crippen molar-refractivity contribution in [1.82, 2.24) is 14.7 Å². The number of benzene rings is 1. The molecule has 2 amide bonds. The van der Waals surface area contributed by atoms with Crippen LogP contribution in [0.3, 0.4) is 0 Å². The lowest BCUT2D eigenvalue weighted by Crippen LogP contribution is -2.26. The van der Waals surface area contributed by atoms with E-state index in [-0.39, 0.29) is 28.6 Å². The molecular formula is C29H33FN6O4. The number of aromatic nitrogens is 3. The molecule has 2 unspecified atom stereocenters. The van der Waals surface area contributed by atoms with Crippen LogP contribution >= 0.6 is 0 Å². The number of carbonyl (C=O) groups excluding carboxylic acids is 1. The minimum atomic E-state index is -0.718. The van der Waals surface area contributed by atoms with E-state index >= 15 is 4.39 Å². The topological polar surface area (TPSA) is 134 Å². The molecule has 1 fully saturated rings. The number of nitrogens with zero attached hydrogens (tertiary/aromatic N) is 3. The summed E-state index contributed by atoms with van der Waals surface area (Å²) in [6.07, 6.45) is 2.93. The van der Waals surface area contributed by atoms with Crippen LogP contribution in [0.5, 0.6) is 0 Å². The summed E-state index contributed by atoms with van der Waals surface area (Å²) < 4.78 is 21.9. The lowest BCUT2D eigenvalue weighted by molar-refractivity contribution is 0.178. The van der Waals surface area contributed by atoms with Crippen molar-refractivity contribution >= 4 is 34.3 Å². The molecule has 1 aliphatic rings. The van der Waals surface area contributed by atoms with Crippen LogP contribution in [0.4, 0.5) is 26.6 Å². The van der Waals surface area contributed by atoms with Crippen LogP contribution in [-0.4, -0.2) is 39.0 Å². The van der Waals surface area contributed by atoms with Gasteiger partial charge in [-0.2, -0.15) is 0 Å². The van der Waals surface area contributed by atoms with Gasteiger partial charge in [-0.1, -0.05) is 25.9 Å². The van der Waals surface area contributed by atoms with E-state index in [1.807, 2.05) is 26.8 Å². The molecule has 4 aromatic rings. The van der Waals surface area contributed by atoms with Gasteiger partial charge in [0.05, 0.1) is 23.0 Å². The molecule has 210 valence electrons. The zero-order valence-corrected chi connectivity index (χ0v) is 23.1. The summed E-state index contributed by atoms with van der Waals surface area (Å²) in [5.74, 6) is 0.0910. The molecule has 3 heterocycles. The van der Waals surface area contributed by atoms with E-state index in [2.05, 4.69) is 26.1 Å². The van der Waals surface area contributed by atoms with Crippen molar-refractivity contribution in [3.8, 4) is 11.1 Å². The average molecular weight is 549 g/mol. The first-order valence-corrected chi connectivity index (χ1v) is 13.2. The number of halogens is 1. The van der Waals surface area contributed by atoms with Gasteiger partial charge in [0.25, 0.3) is 5.56 Å². The third-order valence-electron chi connectivity index (χ3n) is 7.29. The third kappa shape index (κ3) is 5.29. The zero-order chi connectivity index (χ0) is 28.8. The number of nitrogens with one attached hydrogen (secondary N) is 3. The molecule has 0 spiro atoms. The fourth-order valence-electron chi connectivity index (χ4n) is 5.10. The first-order chi connectivity index (χ1) is 18.9. The van der Waals surface area contributed by atoms with E-state index < -0.39 is 18.0 Å². The Morgan fingerprint density at radius 1 is 1.12 bits per heavy atom. The van der Waals surface area contributed by atoms with Gasteiger partial charge in [0.2, 0.25) is 5.88 Å². The predicted molar refractivity (Wildman–Crippen MR) is 152 cm³/mol. The average Bonchev–Trinajstić information content (AvgIpc) is 3.54. The van der Waals surface area contributed by atoms with Gasteiger partial charge in [0.1, 0.15) is 11.6 Å². The zero-order valence-electron chi connectivity index (χ0n) is 23.1. The number of amides is 2. The quantitative estimate of drug-likeness (QED) is 0.256. The van der Waals surface area contributed by atoms with Gasteiger partial charge in [0, 0.05) is 47.8 Å². The van der Waals surface area contributed by atoms with Crippen LogP contribution < -0.4 is 21.5 Å². The number of carbonyl (C=O) groups is 1. The first-order valence-electron chi connectivity index (χ1n) is 13.2. The van der Waals surface area contributed by atoms with Crippen molar-refractivity contribution in [2.45, 2.75) is 64.5 Å². The van der Waals surface area contributed by atoms with Crippen LogP contribution in [0.2, 0.25) is 0 Å². The van der Waals surface area contributed by atoms with Crippen LogP contribution in [0.15, 0.2) is 45.8 Å². The Morgan fingerprint density at radius 2 is 1.90 bits per heavy atom. The molecule has 10 nitrogen and oxygen atoms in total. The van der Waals surface area contributed by atoms with Crippen molar-refractivity contribution in [3.05, 3.63) is 64.0 Å². The minimum absolute atomic E-state index is 0.0975. The smallest absolute Gasteiger partial charge is 0.326 e.